The predicted octanol–water partition coefficient (Wildman–Crippen LogP) is 0.373. The lowest BCUT2D eigenvalue weighted by molar-refractivity contribution is -0.0266. The van der Waals surface area contributed by atoms with E-state index in [0.29, 0.717) is 18.8 Å². The van der Waals surface area contributed by atoms with Crippen LogP contribution in [0.2, 0.25) is 0 Å². The normalized spacial score (nSPS) is 33.4. The molecule has 4 nitrogen and oxygen atoms in total. The van der Waals surface area contributed by atoms with Crippen LogP contribution in [0.5, 0.6) is 0 Å². The van der Waals surface area contributed by atoms with Gasteiger partial charge in [-0.05, 0) is 32.1 Å². The Bertz CT molecular complexity index is 204. The van der Waals surface area contributed by atoms with Gasteiger partial charge in [-0.25, -0.2) is 0 Å². The zero-order valence-corrected chi connectivity index (χ0v) is 9.85. The van der Waals surface area contributed by atoms with Crippen molar-refractivity contribution in [3.8, 4) is 0 Å². The van der Waals surface area contributed by atoms with E-state index in [0.717, 1.165) is 45.2 Å². The van der Waals surface area contributed by atoms with Gasteiger partial charge < -0.3 is 14.9 Å². The summed E-state index contributed by atoms with van der Waals surface area (Å²) in [6, 6.07) is 0.388. The average Bonchev–Trinajstić information content (AvgIpc) is 2.74. The third-order valence-electron chi connectivity index (χ3n) is 3.83. The molecule has 0 amide bonds. The number of hydrogen-bond donors (Lipinski definition) is 2. The maximum atomic E-state index is 9.84. The minimum absolute atomic E-state index is 0.113. The quantitative estimate of drug-likeness (QED) is 0.731. The van der Waals surface area contributed by atoms with E-state index >= 15 is 0 Å². The molecule has 1 aliphatic heterocycles. The van der Waals surface area contributed by atoms with E-state index in [2.05, 4.69) is 4.90 Å². The van der Waals surface area contributed by atoms with E-state index < -0.39 is 0 Å². The van der Waals surface area contributed by atoms with Gasteiger partial charge >= 0.3 is 0 Å². The summed E-state index contributed by atoms with van der Waals surface area (Å²) in [4.78, 5) is 2.41. The van der Waals surface area contributed by atoms with Crippen LogP contribution in [0.1, 0.15) is 32.1 Å². The highest BCUT2D eigenvalue weighted by atomic mass is 16.5. The Balaban J connectivity index is 1.72. The fourth-order valence-corrected chi connectivity index (χ4v) is 2.94. The third kappa shape index (κ3) is 2.94. The van der Waals surface area contributed by atoms with Crippen molar-refractivity contribution in [2.75, 3.05) is 26.3 Å². The molecule has 0 spiro atoms. The van der Waals surface area contributed by atoms with Gasteiger partial charge in [0, 0.05) is 19.1 Å². The number of piperidine rings is 1. The molecule has 0 aromatic rings. The SMILES string of the molecule is OCCOC1CCN([C@H]2CCC[C@@H]2O)CC1. The first kappa shape index (κ1) is 12.3. The molecule has 0 unspecified atom stereocenters. The first-order valence-electron chi connectivity index (χ1n) is 6.46. The average molecular weight is 229 g/mol. The molecule has 2 rings (SSSR count). The van der Waals surface area contributed by atoms with Crippen LogP contribution in [0.4, 0.5) is 0 Å². The Morgan fingerprint density at radius 2 is 1.88 bits per heavy atom. The van der Waals surface area contributed by atoms with E-state index in [-0.39, 0.29) is 12.7 Å². The topological polar surface area (TPSA) is 52.9 Å². The Labute approximate surface area is 97.2 Å². The molecule has 1 aliphatic carbocycles. The van der Waals surface area contributed by atoms with Gasteiger partial charge in [-0.2, -0.15) is 0 Å². The highest BCUT2D eigenvalue weighted by Gasteiger charge is 2.32. The van der Waals surface area contributed by atoms with Crippen molar-refractivity contribution in [3.05, 3.63) is 0 Å². The molecule has 94 valence electrons. The fourth-order valence-electron chi connectivity index (χ4n) is 2.94. The lowest BCUT2D eigenvalue weighted by Gasteiger charge is -2.37. The van der Waals surface area contributed by atoms with Crippen molar-refractivity contribution in [2.24, 2.45) is 0 Å². The molecule has 0 bridgehead atoms. The zero-order valence-electron chi connectivity index (χ0n) is 9.85. The first-order chi connectivity index (χ1) is 7.81. The summed E-state index contributed by atoms with van der Waals surface area (Å²) in [6.45, 7) is 2.62. The maximum Gasteiger partial charge on any atom is 0.0701 e. The highest BCUT2D eigenvalue weighted by molar-refractivity contribution is 4.87. The van der Waals surface area contributed by atoms with Gasteiger partial charge in [0.2, 0.25) is 0 Å². The molecule has 1 heterocycles. The van der Waals surface area contributed by atoms with Crippen molar-refractivity contribution in [2.45, 2.75) is 50.4 Å². The molecule has 2 fully saturated rings. The second-order valence-electron chi connectivity index (χ2n) is 4.90. The van der Waals surface area contributed by atoms with E-state index in [9.17, 15) is 5.11 Å². The number of nitrogens with zero attached hydrogens (tertiary/aromatic N) is 1. The molecule has 4 heteroatoms. The summed E-state index contributed by atoms with van der Waals surface area (Å²) in [6.07, 6.45) is 5.52. The van der Waals surface area contributed by atoms with Gasteiger partial charge in [-0.15, -0.1) is 0 Å². The van der Waals surface area contributed by atoms with Crippen LogP contribution < -0.4 is 0 Å². The molecular weight excluding hydrogens is 206 g/mol. The highest BCUT2D eigenvalue weighted by Crippen LogP contribution is 2.27. The molecule has 0 radical (unpaired) electrons. The predicted molar refractivity (Wildman–Crippen MR) is 61.3 cm³/mol. The zero-order chi connectivity index (χ0) is 11.4. The summed E-state index contributed by atoms with van der Waals surface area (Å²) in [7, 11) is 0. The van der Waals surface area contributed by atoms with Gasteiger partial charge in [-0.3, -0.25) is 4.90 Å². The van der Waals surface area contributed by atoms with E-state index in [1.54, 1.807) is 0 Å². The van der Waals surface area contributed by atoms with Gasteiger partial charge in [0.05, 0.1) is 25.4 Å². The summed E-state index contributed by atoms with van der Waals surface area (Å²) < 4.78 is 5.53. The fraction of sp³-hybridized carbons (Fsp3) is 1.00. The lowest BCUT2D eigenvalue weighted by Crippen LogP contribution is -2.46. The standard InChI is InChI=1S/C12H23NO3/c14-8-9-16-10-4-6-13(7-5-10)11-2-1-3-12(11)15/h10-12,14-15H,1-9H2/t11-,12-/m0/s1. The van der Waals surface area contributed by atoms with Gasteiger partial charge in [0.25, 0.3) is 0 Å². The third-order valence-corrected chi connectivity index (χ3v) is 3.83. The van der Waals surface area contributed by atoms with Crippen LogP contribution in [0.15, 0.2) is 0 Å². The molecule has 0 aromatic carbocycles. The van der Waals surface area contributed by atoms with Gasteiger partial charge in [-0.1, -0.05) is 0 Å². The van der Waals surface area contributed by atoms with E-state index in [1.807, 2.05) is 0 Å². The molecule has 2 aliphatic rings. The van der Waals surface area contributed by atoms with E-state index in [4.69, 9.17) is 9.84 Å². The summed E-state index contributed by atoms with van der Waals surface area (Å²) in [5.41, 5.74) is 0. The largest absolute Gasteiger partial charge is 0.394 e. The van der Waals surface area contributed by atoms with Crippen LogP contribution >= 0.6 is 0 Å². The monoisotopic (exact) mass is 229 g/mol. The molecule has 2 N–H and O–H groups in total. The number of ether oxygens (including phenoxy) is 1. The lowest BCUT2D eigenvalue weighted by atomic mass is 10.0. The second-order valence-corrected chi connectivity index (χ2v) is 4.90. The smallest absolute Gasteiger partial charge is 0.0701 e. The van der Waals surface area contributed by atoms with Crippen molar-refractivity contribution >= 4 is 0 Å². The van der Waals surface area contributed by atoms with Gasteiger partial charge in [0.15, 0.2) is 0 Å². The van der Waals surface area contributed by atoms with Crippen molar-refractivity contribution in [1.29, 1.82) is 0 Å². The molecular formula is C12H23NO3. The van der Waals surface area contributed by atoms with Gasteiger partial charge in [0.1, 0.15) is 0 Å². The first-order valence-corrected chi connectivity index (χ1v) is 6.46. The Morgan fingerprint density at radius 3 is 2.44 bits per heavy atom. The molecule has 0 aromatic heterocycles. The second kappa shape index (κ2) is 5.96. The molecule has 1 saturated carbocycles. The van der Waals surface area contributed by atoms with Crippen molar-refractivity contribution < 1.29 is 14.9 Å². The molecule has 16 heavy (non-hydrogen) atoms. The van der Waals surface area contributed by atoms with Crippen molar-refractivity contribution in [3.63, 3.8) is 0 Å². The summed E-state index contributed by atoms with van der Waals surface area (Å²) in [5, 5.41) is 18.5. The van der Waals surface area contributed by atoms with Crippen LogP contribution in [0.3, 0.4) is 0 Å². The number of likely N-dealkylation sites (tertiary alicyclic amines) is 1. The van der Waals surface area contributed by atoms with Crippen molar-refractivity contribution in [1.82, 2.24) is 4.90 Å². The molecule has 1 saturated heterocycles. The Kier molecular flexibility index (Phi) is 4.58. The Hall–Kier alpha value is -0.160. The number of aliphatic hydroxyl groups excluding tert-OH is 2. The van der Waals surface area contributed by atoms with Crippen LogP contribution in [0.25, 0.3) is 0 Å². The van der Waals surface area contributed by atoms with Crippen LogP contribution in [-0.4, -0.2) is 59.7 Å². The minimum Gasteiger partial charge on any atom is -0.394 e. The number of aliphatic hydroxyl groups is 2. The van der Waals surface area contributed by atoms with E-state index in [1.165, 1.54) is 0 Å². The summed E-state index contributed by atoms with van der Waals surface area (Å²) >= 11 is 0. The molecule has 2 atom stereocenters. The Morgan fingerprint density at radius 1 is 1.12 bits per heavy atom. The number of hydrogen-bond acceptors (Lipinski definition) is 4. The number of rotatable bonds is 4. The minimum atomic E-state index is -0.116. The summed E-state index contributed by atoms with van der Waals surface area (Å²) in [5.74, 6) is 0. The maximum absolute atomic E-state index is 9.84. The van der Waals surface area contributed by atoms with Crippen LogP contribution in [0, 0.1) is 0 Å². The van der Waals surface area contributed by atoms with Crippen LogP contribution in [-0.2, 0) is 4.74 Å².